The maximum Gasteiger partial charge on any atom is 0.263 e. The summed E-state index contributed by atoms with van der Waals surface area (Å²) in [6, 6.07) is 14.9. The van der Waals surface area contributed by atoms with Gasteiger partial charge in [-0.05, 0) is 36.6 Å². The molecule has 154 valence electrons. The molecule has 2 aromatic rings. The fourth-order valence-electron chi connectivity index (χ4n) is 3.88. The van der Waals surface area contributed by atoms with Crippen molar-refractivity contribution in [2.45, 2.75) is 25.5 Å². The highest BCUT2D eigenvalue weighted by Crippen LogP contribution is 2.34. The molecule has 0 aromatic heterocycles. The molecular formula is C21H25N3O4S. The summed E-state index contributed by atoms with van der Waals surface area (Å²) >= 11 is 0. The zero-order valence-corrected chi connectivity index (χ0v) is 17.2. The minimum atomic E-state index is -3.52. The van der Waals surface area contributed by atoms with Gasteiger partial charge in [0.05, 0.1) is 18.5 Å². The van der Waals surface area contributed by atoms with Crippen molar-refractivity contribution in [3.63, 3.8) is 0 Å². The van der Waals surface area contributed by atoms with E-state index >= 15 is 0 Å². The summed E-state index contributed by atoms with van der Waals surface area (Å²) in [5, 5.41) is 2.92. The van der Waals surface area contributed by atoms with Gasteiger partial charge in [0.15, 0.2) is 6.10 Å². The number of hydrogen-bond acceptors (Lipinski definition) is 5. The van der Waals surface area contributed by atoms with Crippen LogP contribution in [0.5, 0.6) is 5.75 Å². The third kappa shape index (κ3) is 4.17. The first-order valence-corrected chi connectivity index (χ1v) is 11.6. The van der Waals surface area contributed by atoms with Crippen LogP contribution in [0.3, 0.4) is 0 Å². The number of fused-ring (bicyclic) bond motifs is 1. The van der Waals surface area contributed by atoms with Gasteiger partial charge in [0.1, 0.15) is 5.75 Å². The van der Waals surface area contributed by atoms with E-state index in [0.29, 0.717) is 18.0 Å². The molecule has 1 amide bonds. The highest BCUT2D eigenvalue weighted by atomic mass is 32.2. The maximum absolute atomic E-state index is 12.8. The van der Waals surface area contributed by atoms with Gasteiger partial charge in [-0.25, -0.2) is 8.42 Å². The molecule has 1 fully saturated rings. The monoisotopic (exact) mass is 415 g/mol. The molecule has 1 atom stereocenters. The summed E-state index contributed by atoms with van der Waals surface area (Å²) in [6.45, 7) is 2.37. The lowest BCUT2D eigenvalue weighted by atomic mass is 10.1. The van der Waals surface area contributed by atoms with Crippen molar-refractivity contribution in [3.8, 4) is 5.75 Å². The van der Waals surface area contributed by atoms with E-state index in [-0.39, 0.29) is 12.5 Å². The molecule has 29 heavy (non-hydrogen) atoms. The van der Waals surface area contributed by atoms with Gasteiger partial charge in [-0.2, -0.15) is 0 Å². The summed E-state index contributed by atoms with van der Waals surface area (Å²) in [4.78, 5) is 15.1. The largest absolute Gasteiger partial charge is 0.476 e. The number of rotatable bonds is 5. The van der Waals surface area contributed by atoms with Crippen LogP contribution in [-0.2, 0) is 21.4 Å². The number of anilines is 2. The zero-order chi connectivity index (χ0) is 20.4. The van der Waals surface area contributed by atoms with Gasteiger partial charge in [0.2, 0.25) is 10.0 Å². The molecule has 1 saturated heterocycles. The normalized spacial score (nSPS) is 18.9. The Morgan fingerprint density at radius 3 is 2.45 bits per heavy atom. The Balaban J connectivity index is 1.49. The molecule has 2 aromatic carbocycles. The highest BCUT2D eigenvalue weighted by Gasteiger charge is 2.34. The summed E-state index contributed by atoms with van der Waals surface area (Å²) < 4.78 is 31.5. The number of sulfonamides is 1. The summed E-state index contributed by atoms with van der Waals surface area (Å²) in [6.07, 6.45) is 2.59. The number of nitrogens with zero attached hydrogens (tertiary/aromatic N) is 2. The number of benzene rings is 2. The molecule has 2 aliphatic rings. The second kappa shape index (κ2) is 7.94. The van der Waals surface area contributed by atoms with E-state index in [4.69, 9.17) is 4.74 Å². The molecule has 1 unspecified atom stereocenters. The van der Waals surface area contributed by atoms with Crippen molar-refractivity contribution in [1.82, 2.24) is 5.32 Å². The SMILES string of the molecule is CS(=O)(=O)N1CC(C(=O)NCc2ccccc2N2CCCC2)Oc2ccccc21. The molecular weight excluding hydrogens is 390 g/mol. The Hall–Kier alpha value is -2.74. The number of ether oxygens (including phenoxy) is 1. The fourth-order valence-corrected chi connectivity index (χ4v) is 4.79. The second-order valence-corrected chi connectivity index (χ2v) is 9.32. The van der Waals surface area contributed by atoms with Crippen molar-refractivity contribution >= 4 is 27.3 Å². The van der Waals surface area contributed by atoms with Gasteiger partial charge in [0, 0.05) is 25.3 Å². The van der Waals surface area contributed by atoms with E-state index in [9.17, 15) is 13.2 Å². The summed E-state index contributed by atoms with van der Waals surface area (Å²) in [5.41, 5.74) is 2.63. The van der Waals surface area contributed by atoms with E-state index in [1.807, 2.05) is 18.2 Å². The minimum absolute atomic E-state index is 0.0462. The van der Waals surface area contributed by atoms with Crippen LogP contribution in [0.15, 0.2) is 48.5 Å². The number of carbonyl (C=O) groups is 1. The molecule has 2 heterocycles. The Bertz CT molecular complexity index is 1000. The average molecular weight is 416 g/mol. The van der Waals surface area contributed by atoms with Gasteiger partial charge in [-0.1, -0.05) is 30.3 Å². The fraction of sp³-hybridized carbons (Fsp3) is 0.381. The van der Waals surface area contributed by atoms with E-state index in [1.165, 1.54) is 17.1 Å². The van der Waals surface area contributed by atoms with Crippen LogP contribution in [0.4, 0.5) is 11.4 Å². The number of amides is 1. The Labute approximate surface area is 171 Å². The molecule has 0 radical (unpaired) electrons. The lowest BCUT2D eigenvalue weighted by Gasteiger charge is -2.34. The lowest BCUT2D eigenvalue weighted by Crippen LogP contribution is -2.50. The van der Waals surface area contributed by atoms with Crippen LogP contribution >= 0.6 is 0 Å². The molecule has 8 heteroatoms. The topological polar surface area (TPSA) is 79.0 Å². The lowest BCUT2D eigenvalue weighted by molar-refractivity contribution is -0.127. The number of nitrogens with one attached hydrogen (secondary N) is 1. The number of hydrogen-bond donors (Lipinski definition) is 1. The quantitative estimate of drug-likeness (QED) is 0.809. The molecule has 4 rings (SSSR count). The molecule has 2 aliphatic heterocycles. The molecule has 0 saturated carbocycles. The third-order valence-electron chi connectivity index (χ3n) is 5.32. The van der Waals surface area contributed by atoms with Gasteiger partial charge in [0.25, 0.3) is 5.91 Å². The predicted octanol–water partition coefficient (Wildman–Crippen LogP) is 2.13. The Kier molecular flexibility index (Phi) is 5.36. The predicted molar refractivity (Wildman–Crippen MR) is 113 cm³/mol. The van der Waals surface area contributed by atoms with Crippen molar-refractivity contribution in [2.24, 2.45) is 0 Å². The van der Waals surface area contributed by atoms with Crippen LogP contribution in [0, 0.1) is 0 Å². The standard InChI is InChI=1S/C21H25N3O4S/c1-29(26,27)24-15-20(28-19-11-5-4-10-18(19)24)21(25)22-14-16-8-2-3-9-17(16)23-12-6-7-13-23/h2-5,8-11,20H,6-7,12-15H2,1H3,(H,22,25). The van der Waals surface area contributed by atoms with Crippen molar-refractivity contribution < 1.29 is 17.9 Å². The number of para-hydroxylation sites is 3. The van der Waals surface area contributed by atoms with Crippen LogP contribution in [-0.4, -0.2) is 46.3 Å². The van der Waals surface area contributed by atoms with Crippen LogP contribution in [0.25, 0.3) is 0 Å². The summed E-state index contributed by atoms with van der Waals surface area (Å²) in [5.74, 6) is 0.0613. The van der Waals surface area contributed by atoms with Gasteiger partial charge in [-0.15, -0.1) is 0 Å². The van der Waals surface area contributed by atoms with E-state index in [0.717, 1.165) is 30.6 Å². The first kappa shape index (κ1) is 19.6. The van der Waals surface area contributed by atoms with E-state index in [2.05, 4.69) is 16.3 Å². The molecule has 1 N–H and O–H groups in total. The maximum atomic E-state index is 12.8. The van der Waals surface area contributed by atoms with Crippen molar-refractivity contribution in [1.29, 1.82) is 0 Å². The average Bonchev–Trinajstić information content (AvgIpc) is 3.25. The van der Waals surface area contributed by atoms with Crippen LogP contribution < -0.4 is 19.3 Å². The Morgan fingerprint density at radius 2 is 1.72 bits per heavy atom. The third-order valence-corrected chi connectivity index (χ3v) is 6.47. The number of carbonyl (C=O) groups excluding carboxylic acids is 1. The molecule has 0 spiro atoms. The van der Waals surface area contributed by atoms with Crippen LogP contribution in [0.2, 0.25) is 0 Å². The first-order chi connectivity index (χ1) is 13.9. The smallest absolute Gasteiger partial charge is 0.263 e. The van der Waals surface area contributed by atoms with E-state index < -0.39 is 16.1 Å². The minimum Gasteiger partial charge on any atom is -0.476 e. The summed E-state index contributed by atoms with van der Waals surface area (Å²) in [7, 11) is -3.52. The van der Waals surface area contributed by atoms with Gasteiger partial charge >= 0.3 is 0 Å². The highest BCUT2D eigenvalue weighted by molar-refractivity contribution is 7.92. The van der Waals surface area contributed by atoms with Crippen molar-refractivity contribution in [2.75, 3.05) is 35.1 Å². The molecule has 7 nitrogen and oxygen atoms in total. The van der Waals surface area contributed by atoms with Gasteiger partial charge < -0.3 is 15.0 Å². The zero-order valence-electron chi connectivity index (χ0n) is 16.4. The first-order valence-electron chi connectivity index (χ1n) is 9.77. The molecule has 0 aliphatic carbocycles. The van der Waals surface area contributed by atoms with Crippen molar-refractivity contribution in [3.05, 3.63) is 54.1 Å². The molecule has 0 bridgehead atoms. The van der Waals surface area contributed by atoms with Crippen LogP contribution in [0.1, 0.15) is 18.4 Å². The van der Waals surface area contributed by atoms with E-state index in [1.54, 1.807) is 24.3 Å². The second-order valence-electron chi connectivity index (χ2n) is 7.41. The van der Waals surface area contributed by atoms with Gasteiger partial charge in [-0.3, -0.25) is 9.10 Å². The Morgan fingerprint density at radius 1 is 1.07 bits per heavy atom.